The highest BCUT2D eigenvalue weighted by molar-refractivity contribution is 5.96. The third-order valence-corrected chi connectivity index (χ3v) is 5.03. The summed E-state index contributed by atoms with van der Waals surface area (Å²) in [7, 11) is 0. The van der Waals surface area contributed by atoms with Crippen molar-refractivity contribution in [3.05, 3.63) is 96.1 Å². The Hall–Kier alpha value is -3.93. The summed E-state index contributed by atoms with van der Waals surface area (Å²) in [5.74, 6) is -1.04. The van der Waals surface area contributed by atoms with Crippen LogP contribution in [0.1, 0.15) is 40.9 Å². The zero-order chi connectivity index (χ0) is 22.2. The fourth-order valence-electron chi connectivity index (χ4n) is 3.43. The zero-order valence-corrected chi connectivity index (χ0v) is 17.4. The van der Waals surface area contributed by atoms with E-state index in [0.717, 1.165) is 28.0 Å². The summed E-state index contributed by atoms with van der Waals surface area (Å²) in [5, 5.41) is 5.30. The van der Waals surface area contributed by atoms with E-state index in [1.807, 2.05) is 61.5 Å². The lowest BCUT2D eigenvalue weighted by Crippen LogP contribution is -2.40. The van der Waals surface area contributed by atoms with Crippen molar-refractivity contribution in [2.45, 2.75) is 25.8 Å². The van der Waals surface area contributed by atoms with Crippen LogP contribution in [0.4, 0.5) is 0 Å². The van der Waals surface area contributed by atoms with Gasteiger partial charge in [-0.05, 0) is 47.4 Å². The van der Waals surface area contributed by atoms with Crippen LogP contribution < -0.4 is 16.2 Å². The Balaban J connectivity index is 1.69. The number of amides is 3. The Morgan fingerprint density at radius 1 is 0.935 bits per heavy atom. The molecule has 0 aliphatic carbocycles. The van der Waals surface area contributed by atoms with Crippen molar-refractivity contribution in [3.63, 3.8) is 0 Å². The fourth-order valence-corrected chi connectivity index (χ4v) is 3.43. The smallest absolute Gasteiger partial charge is 0.261 e. The van der Waals surface area contributed by atoms with E-state index in [-0.39, 0.29) is 24.3 Å². The molecule has 31 heavy (non-hydrogen) atoms. The van der Waals surface area contributed by atoms with Gasteiger partial charge in [0.1, 0.15) is 0 Å². The molecular weight excluding hydrogens is 390 g/mol. The number of aryl methyl sites for hydroxylation is 1. The molecule has 0 unspecified atom stereocenters. The van der Waals surface area contributed by atoms with Crippen LogP contribution in [0.3, 0.4) is 0 Å². The molecule has 0 heterocycles. The topological polar surface area (TPSA) is 87.3 Å². The van der Waals surface area contributed by atoms with E-state index in [9.17, 15) is 14.4 Å². The van der Waals surface area contributed by atoms with E-state index in [4.69, 9.17) is 0 Å². The molecule has 3 amide bonds. The molecule has 0 radical (unpaired) electrons. The molecule has 0 saturated carbocycles. The van der Waals surface area contributed by atoms with Crippen molar-refractivity contribution in [1.82, 2.24) is 16.2 Å². The molecule has 0 aromatic heterocycles. The van der Waals surface area contributed by atoms with Crippen LogP contribution in [0, 0.1) is 0 Å². The van der Waals surface area contributed by atoms with Crippen molar-refractivity contribution in [2.24, 2.45) is 0 Å². The van der Waals surface area contributed by atoms with Crippen LogP contribution in [0.25, 0.3) is 10.8 Å². The molecular formula is C25H25N3O3. The number of hydrazine groups is 1. The number of carbonyl (C=O) groups excluding carboxylic acids is 3. The van der Waals surface area contributed by atoms with Gasteiger partial charge in [-0.3, -0.25) is 25.2 Å². The maximum Gasteiger partial charge on any atom is 0.261 e. The van der Waals surface area contributed by atoms with Crippen molar-refractivity contribution in [2.75, 3.05) is 0 Å². The molecule has 0 aliphatic heterocycles. The number of hydrogen-bond donors (Lipinski definition) is 3. The van der Waals surface area contributed by atoms with Gasteiger partial charge in [0, 0.05) is 12.0 Å². The van der Waals surface area contributed by atoms with E-state index in [2.05, 4.69) is 22.7 Å². The Bertz CT molecular complexity index is 1120. The number of benzene rings is 3. The summed E-state index contributed by atoms with van der Waals surface area (Å²) < 4.78 is 0. The van der Waals surface area contributed by atoms with Crippen molar-refractivity contribution < 1.29 is 14.4 Å². The zero-order valence-electron chi connectivity index (χ0n) is 17.4. The van der Waals surface area contributed by atoms with Gasteiger partial charge in [-0.25, -0.2) is 0 Å². The lowest BCUT2D eigenvalue weighted by atomic mass is 9.98. The minimum absolute atomic E-state index is 0.126. The first-order valence-corrected chi connectivity index (χ1v) is 10.1. The maximum absolute atomic E-state index is 13.0. The SMILES string of the molecule is C=CC(=O)NNC(=O)CCc1ccccc1C(=O)N[C@H](C)c1cccc2ccccc12. The maximum atomic E-state index is 13.0. The first kappa shape index (κ1) is 21.8. The van der Waals surface area contributed by atoms with E-state index in [1.54, 1.807) is 12.1 Å². The van der Waals surface area contributed by atoms with Gasteiger partial charge in [-0.1, -0.05) is 67.2 Å². The quantitative estimate of drug-likeness (QED) is 0.407. The van der Waals surface area contributed by atoms with Crippen molar-refractivity contribution in [1.29, 1.82) is 0 Å². The van der Waals surface area contributed by atoms with Crippen LogP contribution in [-0.4, -0.2) is 17.7 Å². The van der Waals surface area contributed by atoms with E-state index in [1.165, 1.54) is 0 Å². The third-order valence-electron chi connectivity index (χ3n) is 5.03. The summed E-state index contributed by atoms with van der Waals surface area (Å²) in [4.78, 5) is 36.1. The minimum atomic E-state index is -0.490. The van der Waals surface area contributed by atoms with Gasteiger partial charge in [0.2, 0.25) is 5.91 Å². The molecule has 0 fully saturated rings. The van der Waals surface area contributed by atoms with Gasteiger partial charge in [0.25, 0.3) is 11.8 Å². The summed E-state index contributed by atoms with van der Waals surface area (Å²) in [6.07, 6.45) is 1.56. The van der Waals surface area contributed by atoms with Gasteiger partial charge in [-0.15, -0.1) is 0 Å². The molecule has 0 spiro atoms. The minimum Gasteiger partial charge on any atom is -0.345 e. The highest BCUT2D eigenvalue weighted by atomic mass is 16.2. The lowest BCUT2D eigenvalue weighted by molar-refractivity contribution is -0.126. The largest absolute Gasteiger partial charge is 0.345 e. The number of hydrogen-bond acceptors (Lipinski definition) is 3. The molecule has 0 saturated heterocycles. The standard InChI is InChI=1S/C25H25N3O3/c1-3-23(29)27-28-24(30)16-15-19-10-5-7-13-22(19)25(31)26-17(2)20-14-8-11-18-9-4-6-12-21(18)20/h3-14,17H,1,15-16H2,2H3,(H,26,31)(H,27,29)(H,28,30)/t17-/m1/s1. The highest BCUT2D eigenvalue weighted by Crippen LogP contribution is 2.24. The number of carbonyl (C=O) groups is 3. The molecule has 6 nitrogen and oxygen atoms in total. The molecule has 158 valence electrons. The predicted molar refractivity (Wildman–Crippen MR) is 121 cm³/mol. The Labute approximate surface area is 181 Å². The number of nitrogens with one attached hydrogen (secondary N) is 3. The lowest BCUT2D eigenvalue weighted by Gasteiger charge is -2.18. The van der Waals surface area contributed by atoms with Crippen molar-refractivity contribution >= 4 is 28.5 Å². The molecule has 1 atom stereocenters. The monoisotopic (exact) mass is 415 g/mol. The second-order valence-corrected chi connectivity index (χ2v) is 7.16. The Kier molecular flexibility index (Phi) is 7.17. The average molecular weight is 415 g/mol. The van der Waals surface area contributed by atoms with Gasteiger partial charge < -0.3 is 5.32 Å². The molecule has 6 heteroatoms. The number of fused-ring (bicyclic) bond motifs is 1. The average Bonchev–Trinajstić information content (AvgIpc) is 2.80. The second kappa shape index (κ2) is 10.2. The first-order chi connectivity index (χ1) is 15.0. The summed E-state index contributed by atoms with van der Waals surface area (Å²) in [5.41, 5.74) is 6.87. The first-order valence-electron chi connectivity index (χ1n) is 10.1. The van der Waals surface area contributed by atoms with Crippen LogP contribution in [-0.2, 0) is 16.0 Å². The van der Waals surface area contributed by atoms with Gasteiger partial charge in [-0.2, -0.15) is 0 Å². The molecule has 0 aliphatic rings. The van der Waals surface area contributed by atoms with Crippen LogP contribution in [0.15, 0.2) is 79.4 Å². The van der Waals surface area contributed by atoms with Crippen LogP contribution in [0.2, 0.25) is 0 Å². The second-order valence-electron chi connectivity index (χ2n) is 7.16. The number of rotatable bonds is 7. The van der Waals surface area contributed by atoms with Gasteiger partial charge in [0.15, 0.2) is 0 Å². The fraction of sp³-hybridized carbons (Fsp3) is 0.160. The summed E-state index contributed by atoms with van der Waals surface area (Å²) >= 11 is 0. The van der Waals surface area contributed by atoms with E-state index >= 15 is 0 Å². The van der Waals surface area contributed by atoms with Crippen LogP contribution in [0.5, 0.6) is 0 Å². The molecule has 3 rings (SSSR count). The summed E-state index contributed by atoms with van der Waals surface area (Å²) in [6.45, 7) is 5.27. The Morgan fingerprint density at radius 3 is 2.45 bits per heavy atom. The molecule has 0 bridgehead atoms. The molecule has 3 aromatic carbocycles. The molecule has 3 aromatic rings. The van der Waals surface area contributed by atoms with E-state index < -0.39 is 5.91 Å². The van der Waals surface area contributed by atoms with Crippen LogP contribution >= 0.6 is 0 Å². The normalized spacial score (nSPS) is 11.4. The predicted octanol–water partition coefficient (Wildman–Crippen LogP) is 3.60. The van der Waals surface area contributed by atoms with Gasteiger partial charge >= 0.3 is 0 Å². The van der Waals surface area contributed by atoms with Crippen molar-refractivity contribution in [3.8, 4) is 0 Å². The highest BCUT2D eigenvalue weighted by Gasteiger charge is 2.16. The van der Waals surface area contributed by atoms with Gasteiger partial charge in [0.05, 0.1) is 6.04 Å². The summed E-state index contributed by atoms with van der Waals surface area (Å²) in [6, 6.07) is 21.1. The Morgan fingerprint density at radius 2 is 1.65 bits per heavy atom. The van der Waals surface area contributed by atoms with E-state index in [0.29, 0.717) is 12.0 Å². The third kappa shape index (κ3) is 5.57. The molecule has 3 N–H and O–H groups in total.